The van der Waals surface area contributed by atoms with Gasteiger partial charge in [-0.05, 0) is 25.7 Å². The number of aryl methyl sites for hydroxylation is 1. The predicted octanol–water partition coefficient (Wildman–Crippen LogP) is 1.78. The zero-order valence-electron chi connectivity index (χ0n) is 10.3. The van der Waals surface area contributed by atoms with Gasteiger partial charge in [0.15, 0.2) is 0 Å². The minimum absolute atomic E-state index is 0.00918. The van der Waals surface area contributed by atoms with Crippen LogP contribution < -0.4 is 0 Å². The lowest BCUT2D eigenvalue weighted by Crippen LogP contribution is -2.40. The van der Waals surface area contributed by atoms with Crippen LogP contribution in [-0.2, 0) is 4.79 Å². The van der Waals surface area contributed by atoms with Gasteiger partial charge in [0.05, 0.1) is 11.2 Å². The Kier molecular flexibility index (Phi) is 3.96. The van der Waals surface area contributed by atoms with Gasteiger partial charge in [0.1, 0.15) is 4.88 Å². The number of carbonyl (C=O) groups excluding carboxylic acids is 1. The number of hydrogen-bond acceptors (Lipinski definition) is 4. The third kappa shape index (κ3) is 2.87. The van der Waals surface area contributed by atoms with Crippen LogP contribution in [0.2, 0.25) is 0 Å². The first-order valence-electron chi connectivity index (χ1n) is 5.99. The molecule has 1 aromatic rings. The number of carboxylic acid groups (broad SMARTS) is 1. The van der Waals surface area contributed by atoms with Gasteiger partial charge in [0.25, 0.3) is 5.91 Å². The molecule has 1 atom stereocenters. The fourth-order valence-corrected chi connectivity index (χ4v) is 3.08. The first-order chi connectivity index (χ1) is 8.58. The summed E-state index contributed by atoms with van der Waals surface area (Å²) in [6.45, 7) is 3.08. The molecular weight excluding hydrogens is 252 g/mol. The van der Waals surface area contributed by atoms with E-state index in [-0.39, 0.29) is 18.2 Å². The number of aliphatic carboxylic acids is 1. The molecule has 1 fully saturated rings. The van der Waals surface area contributed by atoms with E-state index in [1.54, 1.807) is 10.4 Å². The van der Waals surface area contributed by atoms with Crippen LogP contribution >= 0.6 is 11.3 Å². The van der Waals surface area contributed by atoms with E-state index in [2.05, 4.69) is 4.98 Å². The molecule has 0 saturated carbocycles. The molecule has 0 bridgehead atoms. The normalized spacial score (nSPS) is 19.8. The number of thiazole rings is 1. The summed E-state index contributed by atoms with van der Waals surface area (Å²) in [5.74, 6) is -0.721. The Morgan fingerprint density at radius 3 is 3.00 bits per heavy atom. The van der Waals surface area contributed by atoms with Crippen LogP contribution in [0.4, 0.5) is 0 Å². The average Bonchev–Trinajstić information content (AvgIpc) is 2.74. The highest BCUT2D eigenvalue weighted by Gasteiger charge is 2.27. The Bertz CT molecular complexity index is 458. The molecule has 2 rings (SSSR count). The third-order valence-electron chi connectivity index (χ3n) is 3.21. The molecule has 1 aliphatic rings. The van der Waals surface area contributed by atoms with E-state index in [4.69, 9.17) is 5.11 Å². The molecule has 0 spiro atoms. The maximum absolute atomic E-state index is 12.3. The minimum atomic E-state index is -0.789. The molecule has 0 aliphatic carbocycles. The fraction of sp³-hybridized carbons (Fsp3) is 0.583. The molecule has 0 radical (unpaired) electrons. The van der Waals surface area contributed by atoms with Gasteiger partial charge in [0.2, 0.25) is 0 Å². The van der Waals surface area contributed by atoms with E-state index < -0.39 is 5.97 Å². The summed E-state index contributed by atoms with van der Waals surface area (Å²) in [7, 11) is 0. The van der Waals surface area contributed by atoms with Crippen LogP contribution in [0, 0.1) is 12.8 Å². The Morgan fingerprint density at radius 1 is 1.61 bits per heavy atom. The lowest BCUT2D eigenvalue weighted by atomic mass is 9.95. The summed E-state index contributed by atoms with van der Waals surface area (Å²) in [4.78, 5) is 29.5. The Labute approximate surface area is 109 Å². The van der Waals surface area contributed by atoms with Gasteiger partial charge in [-0.2, -0.15) is 0 Å². The first kappa shape index (κ1) is 13.0. The fourth-order valence-electron chi connectivity index (χ4n) is 2.31. The lowest BCUT2D eigenvalue weighted by Gasteiger charge is -2.31. The maximum atomic E-state index is 12.3. The molecule has 0 aromatic carbocycles. The van der Waals surface area contributed by atoms with Crippen molar-refractivity contribution in [3.05, 3.63) is 16.1 Å². The van der Waals surface area contributed by atoms with Crippen LogP contribution in [0.1, 0.15) is 34.6 Å². The monoisotopic (exact) mass is 268 g/mol. The van der Waals surface area contributed by atoms with Gasteiger partial charge >= 0.3 is 5.97 Å². The zero-order valence-corrected chi connectivity index (χ0v) is 11.1. The topological polar surface area (TPSA) is 70.5 Å². The van der Waals surface area contributed by atoms with Crippen molar-refractivity contribution in [2.75, 3.05) is 13.1 Å². The molecule has 2 heterocycles. The average molecular weight is 268 g/mol. The highest BCUT2D eigenvalue weighted by atomic mass is 32.1. The van der Waals surface area contributed by atoms with Gasteiger partial charge in [-0.25, -0.2) is 4.98 Å². The number of likely N-dealkylation sites (tertiary alicyclic amines) is 1. The van der Waals surface area contributed by atoms with E-state index >= 15 is 0 Å². The van der Waals surface area contributed by atoms with Crippen LogP contribution in [0.5, 0.6) is 0 Å². The minimum Gasteiger partial charge on any atom is -0.481 e. The molecule has 1 amide bonds. The van der Waals surface area contributed by atoms with Crippen molar-refractivity contribution in [2.24, 2.45) is 5.92 Å². The summed E-state index contributed by atoms with van der Waals surface area (Å²) >= 11 is 1.35. The molecule has 1 aliphatic heterocycles. The lowest BCUT2D eigenvalue weighted by molar-refractivity contribution is -0.138. The van der Waals surface area contributed by atoms with Crippen LogP contribution in [0.25, 0.3) is 0 Å². The number of amides is 1. The van der Waals surface area contributed by atoms with E-state index in [0.29, 0.717) is 18.0 Å². The molecule has 1 N–H and O–H groups in total. The van der Waals surface area contributed by atoms with Gasteiger partial charge < -0.3 is 10.0 Å². The SMILES string of the molecule is Cc1ncsc1C(=O)N1CCCC(CC(=O)O)C1. The molecule has 1 unspecified atom stereocenters. The molecule has 6 heteroatoms. The number of rotatable bonds is 3. The van der Waals surface area contributed by atoms with E-state index in [0.717, 1.165) is 18.5 Å². The van der Waals surface area contributed by atoms with E-state index in [1.807, 2.05) is 6.92 Å². The quantitative estimate of drug-likeness (QED) is 0.907. The highest BCUT2D eigenvalue weighted by molar-refractivity contribution is 7.11. The van der Waals surface area contributed by atoms with E-state index in [9.17, 15) is 9.59 Å². The number of carboxylic acids is 1. The predicted molar refractivity (Wildman–Crippen MR) is 67.7 cm³/mol. The number of piperidine rings is 1. The Balaban J connectivity index is 2.03. The largest absolute Gasteiger partial charge is 0.481 e. The molecular formula is C12H16N2O3S. The van der Waals surface area contributed by atoms with E-state index in [1.165, 1.54) is 11.3 Å². The Hall–Kier alpha value is -1.43. The molecule has 5 nitrogen and oxygen atoms in total. The first-order valence-corrected chi connectivity index (χ1v) is 6.87. The maximum Gasteiger partial charge on any atom is 0.303 e. The van der Waals surface area contributed by atoms with Crippen LogP contribution in [0.3, 0.4) is 0 Å². The zero-order chi connectivity index (χ0) is 13.1. The van der Waals surface area contributed by atoms with Crippen molar-refractivity contribution in [3.8, 4) is 0 Å². The number of aromatic nitrogens is 1. The smallest absolute Gasteiger partial charge is 0.303 e. The third-order valence-corrected chi connectivity index (χ3v) is 4.13. The summed E-state index contributed by atoms with van der Waals surface area (Å²) in [5.41, 5.74) is 2.42. The van der Waals surface area contributed by atoms with Gasteiger partial charge in [-0.3, -0.25) is 9.59 Å². The van der Waals surface area contributed by atoms with Crippen LogP contribution in [0.15, 0.2) is 5.51 Å². The van der Waals surface area contributed by atoms with Crippen molar-refractivity contribution in [3.63, 3.8) is 0 Å². The summed E-state index contributed by atoms with van der Waals surface area (Å²) in [6, 6.07) is 0. The second kappa shape index (κ2) is 5.48. The summed E-state index contributed by atoms with van der Waals surface area (Å²) < 4.78 is 0. The second-order valence-corrected chi connectivity index (χ2v) is 5.48. The van der Waals surface area contributed by atoms with Crippen molar-refractivity contribution in [1.82, 2.24) is 9.88 Å². The molecule has 18 heavy (non-hydrogen) atoms. The molecule has 98 valence electrons. The molecule has 1 aromatic heterocycles. The number of nitrogens with zero attached hydrogens (tertiary/aromatic N) is 2. The van der Waals surface area contributed by atoms with Crippen molar-refractivity contribution in [1.29, 1.82) is 0 Å². The van der Waals surface area contributed by atoms with Gasteiger partial charge in [0, 0.05) is 19.5 Å². The standard InChI is InChI=1S/C12H16N2O3S/c1-8-11(18-7-13-8)12(17)14-4-2-3-9(6-14)5-10(15)16/h7,9H,2-6H2,1H3,(H,15,16). The number of carbonyl (C=O) groups is 2. The number of hydrogen-bond donors (Lipinski definition) is 1. The molecule has 1 saturated heterocycles. The van der Waals surface area contributed by atoms with Crippen LogP contribution in [-0.4, -0.2) is 40.0 Å². The Morgan fingerprint density at radius 2 is 2.39 bits per heavy atom. The summed E-state index contributed by atoms with van der Waals surface area (Å²) in [6.07, 6.45) is 1.91. The highest BCUT2D eigenvalue weighted by Crippen LogP contribution is 2.23. The summed E-state index contributed by atoms with van der Waals surface area (Å²) in [5, 5.41) is 8.81. The second-order valence-electron chi connectivity index (χ2n) is 4.62. The van der Waals surface area contributed by atoms with Crippen molar-refractivity contribution >= 4 is 23.2 Å². The van der Waals surface area contributed by atoms with Gasteiger partial charge in [-0.1, -0.05) is 0 Å². The van der Waals surface area contributed by atoms with Crippen molar-refractivity contribution < 1.29 is 14.7 Å². The van der Waals surface area contributed by atoms with Gasteiger partial charge in [-0.15, -0.1) is 11.3 Å². The van der Waals surface area contributed by atoms with Crippen molar-refractivity contribution in [2.45, 2.75) is 26.2 Å².